The lowest BCUT2D eigenvalue weighted by Gasteiger charge is -2.15. The van der Waals surface area contributed by atoms with Gasteiger partial charge in [-0.1, -0.05) is 32.5 Å². The maximum absolute atomic E-state index is 5.17. The van der Waals surface area contributed by atoms with Crippen molar-refractivity contribution in [2.75, 3.05) is 5.43 Å². The number of nitrogens with one attached hydrogen (secondary N) is 1. The van der Waals surface area contributed by atoms with Crippen molar-refractivity contribution >= 4 is 17.6 Å². The van der Waals surface area contributed by atoms with E-state index in [1.165, 1.54) is 0 Å². The van der Waals surface area contributed by atoms with E-state index >= 15 is 0 Å². The molecule has 4 nitrogen and oxygen atoms in total. The second kappa shape index (κ2) is 3.93. The summed E-state index contributed by atoms with van der Waals surface area (Å²) >= 11 is 1.68. The van der Waals surface area contributed by atoms with Gasteiger partial charge in [0.15, 0.2) is 5.82 Å². The van der Waals surface area contributed by atoms with E-state index in [9.17, 15) is 0 Å². The van der Waals surface area contributed by atoms with Crippen LogP contribution in [0.4, 0.5) is 5.82 Å². The molecule has 0 saturated heterocycles. The summed E-state index contributed by atoms with van der Waals surface area (Å²) in [7, 11) is 0. The Morgan fingerprint density at radius 1 is 1.31 bits per heavy atom. The first-order valence-corrected chi connectivity index (χ1v) is 4.82. The summed E-state index contributed by atoms with van der Waals surface area (Å²) in [5.74, 6) is 5.75. The van der Waals surface area contributed by atoms with Crippen LogP contribution in [0.15, 0.2) is 17.2 Å². The largest absolute Gasteiger partial charge is 0.307 e. The summed E-state index contributed by atoms with van der Waals surface area (Å²) in [4.78, 5) is 0. The van der Waals surface area contributed by atoms with E-state index < -0.39 is 0 Å². The molecule has 0 saturated carbocycles. The topological polar surface area (TPSA) is 63.8 Å². The molecular weight excluding hydrogens is 184 g/mol. The highest BCUT2D eigenvalue weighted by Gasteiger charge is 2.12. The molecule has 1 heterocycles. The predicted octanol–water partition coefficient (Wildman–Crippen LogP) is 1.65. The Labute approximate surface area is 82.3 Å². The van der Waals surface area contributed by atoms with Crippen LogP contribution in [0.5, 0.6) is 0 Å². The summed E-state index contributed by atoms with van der Waals surface area (Å²) in [5, 5.41) is 8.79. The molecule has 0 amide bonds. The zero-order valence-electron chi connectivity index (χ0n) is 8.03. The van der Waals surface area contributed by atoms with Gasteiger partial charge in [-0.15, -0.1) is 10.2 Å². The smallest absolute Gasteiger partial charge is 0.162 e. The number of hydrazine groups is 1. The van der Waals surface area contributed by atoms with Crippen LogP contribution in [0.2, 0.25) is 0 Å². The normalized spacial score (nSPS) is 11.4. The van der Waals surface area contributed by atoms with Crippen LogP contribution < -0.4 is 11.3 Å². The van der Waals surface area contributed by atoms with Gasteiger partial charge in [0.25, 0.3) is 0 Å². The fourth-order valence-corrected chi connectivity index (χ4v) is 1.61. The molecule has 1 aromatic rings. The fourth-order valence-electron chi connectivity index (χ4n) is 0.765. The number of nitrogens with zero attached hydrogens (tertiary/aromatic N) is 2. The Morgan fingerprint density at radius 2 is 2.00 bits per heavy atom. The van der Waals surface area contributed by atoms with Crippen LogP contribution >= 0.6 is 11.8 Å². The van der Waals surface area contributed by atoms with Crippen LogP contribution in [0.25, 0.3) is 0 Å². The molecule has 0 spiro atoms. The molecule has 13 heavy (non-hydrogen) atoms. The molecule has 0 aromatic carbocycles. The third-order valence-corrected chi connectivity index (χ3v) is 2.24. The first-order valence-electron chi connectivity index (χ1n) is 4.00. The Balaban J connectivity index is 2.70. The number of nitrogen functional groups attached to an aromatic ring is 1. The van der Waals surface area contributed by atoms with Crippen molar-refractivity contribution in [2.24, 2.45) is 5.84 Å². The average Bonchev–Trinajstić information content (AvgIpc) is 2.03. The number of thioether (sulfide) groups is 1. The van der Waals surface area contributed by atoms with Gasteiger partial charge in [0.2, 0.25) is 0 Å². The average molecular weight is 198 g/mol. The van der Waals surface area contributed by atoms with Crippen LogP contribution in [-0.2, 0) is 0 Å². The second-order valence-corrected chi connectivity index (χ2v) is 5.46. The van der Waals surface area contributed by atoms with Gasteiger partial charge in [-0.2, -0.15) is 0 Å². The van der Waals surface area contributed by atoms with Crippen molar-refractivity contribution in [3.8, 4) is 0 Å². The van der Waals surface area contributed by atoms with E-state index in [1.54, 1.807) is 17.8 Å². The molecular formula is C8H14N4S. The Kier molecular flexibility index (Phi) is 3.11. The molecule has 0 unspecified atom stereocenters. The maximum atomic E-state index is 5.17. The highest BCUT2D eigenvalue weighted by molar-refractivity contribution is 8.00. The maximum Gasteiger partial charge on any atom is 0.162 e. The SMILES string of the molecule is CC(C)(C)Sc1ccc(NN)nn1. The molecule has 1 aromatic heterocycles. The number of rotatable bonds is 2. The molecule has 0 fully saturated rings. The third-order valence-electron chi connectivity index (χ3n) is 1.20. The van der Waals surface area contributed by atoms with Crippen molar-refractivity contribution in [3.63, 3.8) is 0 Å². The highest BCUT2D eigenvalue weighted by Crippen LogP contribution is 2.29. The minimum atomic E-state index is 0.159. The van der Waals surface area contributed by atoms with Gasteiger partial charge < -0.3 is 5.43 Å². The third kappa shape index (κ3) is 3.61. The molecule has 0 radical (unpaired) electrons. The summed E-state index contributed by atoms with van der Waals surface area (Å²) < 4.78 is 0.159. The number of hydrogen-bond acceptors (Lipinski definition) is 5. The molecule has 0 atom stereocenters. The number of hydrogen-bond donors (Lipinski definition) is 2. The van der Waals surface area contributed by atoms with Crippen LogP contribution in [0.3, 0.4) is 0 Å². The minimum Gasteiger partial charge on any atom is -0.307 e. The van der Waals surface area contributed by atoms with Gasteiger partial charge in [-0.3, -0.25) is 0 Å². The summed E-state index contributed by atoms with van der Waals surface area (Å²) in [6.07, 6.45) is 0. The molecule has 0 aliphatic heterocycles. The molecule has 0 aliphatic rings. The van der Waals surface area contributed by atoms with Crippen LogP contribution in [0.1, 0.15) is 20.8 Å². The second-order valence-electron chi connectivity index (χ2n) is 3.62. The fraction of sp³-hybridized carbons (Fsp3) is 0.500. The van der Waals surface area contributed by atoms with E-state index in [0.29, 0.717) is 5.82 Å². The Hall–Kier alpha value is -0.810. The van der Waals surface area contributed by atoms with Crippen molar-refractivity contribution in [2.45, 2.75) is 30.5 Å². The lowest BCUT2D eigenvalue weighted by atomic mass is 10.3. The summed E-state index contributed by atoms with van der Waals surface area (Å²) in [6.45, 7) is 6.40. The van der Waals surface area contributed by atoms with Crippen molar-refractivity contribution in [1.82, 2.24) is 10.2 Å². The molecule has 0 bridgehead atoms. The first-order chi connectivity index (χ1) is 6.01. The Morgan fingerprint density at radius 3 is 2.38 bits per heavy atom. The molecule has 1 rings (SSSR count). The quantitative estimate of drug-likeness (QED) is 0.430. The molecule has 3 N–H and O–H groups in total. The number of aromatic nitrogens is 2. The summed E-state index contributed by atoms with van der Waals surface area (Å²) in [5.41, 5.74) is 2.43. The van der Waals surface area contributed by atoms with Crippen molar-refractivity contribution < 1.29 is 0 Å². The Bertz CT molecular complexity index is 264. The minimum absolute atomic E-state index is 0.159. The van der Waals surface area contributed by atoms with Gasteiger partial charge in [0.05, 0.1) is 0 Å². The van der Waals surface area contributed by atoms with Crippen LogP contribution in [0, 0.1) is 0 Å². The lowest BCUT2D eigenvalue weighted by molar-refractivity contribution is 0.794. The standard InChI is InChI=1S/C8H14N4S/c1-8(2,3)13-7-5-4-6(10-9)11-12-7/h4-5H,9H2,1-3H3,(H,10,11). The summed E-state index contributed by atoms with van der Waals surface area (Å²) in [6, 6.07) is 3.71. The van der Waals surface area contributed by atoms with E-state index in [0.717, 1.165) is 5.03 Å². The first kappa shape index (κ1) is 10.3. The van der Waals surface area contributed by atoms with E-state index in [-0.39, 0.29) is 4.75 Å². The predicted molar refractivity (Wildman–Crippen MR) is 55.5 cm³/mol. The molecule has 5 heteroatoms. The van der Waals surface area contributed by atoms with Crippen molar-refractivity contribution in [3.05, 3.63) is 12.1 Å². The number of anilines is 1. The zero-order chi connectivity index (χ0) is 9.90. The lowest BCUT2D eigenvalue weighted by Crippen LogP contribution is -2.10. The van der Waals surface area contributed by atoms with Gasteiger partial charge in [0, 0.05) is 4.75 Å². The monoisotopic (exact) mass is 198 g/mol. The molecule has 0 aliphatic carbocycles. The van der Waals surface area contributed by atoms with Gasteiger partial charge in [-0.05, 0) is 12.1 Å². The highest BCUT2D eigenvalue weighted by atomic mass is 32.2. The molecule has 72 valence electrons. The van der Waals surface area contributed by atoms with Gasteiger partial charge >= 0.3 is 0 Å². The zero-order valence-corrected chi connectivity index (χ0v) is 8.85. The van der Waals surface area contributed by atoms with E-state index in [1.807, 2.05) is 6.07 Å². The van der Waals surface area contributed by atoms with Gasteiger partial charge in [-0.25, -0.2) is 5.84 Å². The van der Waals surface area contributed by atoms with E-state index in [4.69, 9.17) is 5.84 Å². The van der Waals surface area contributed by atoms with Crippen molar-refractivity contribution in [1.29, 1.82) is 0 Å². The van der Waals surface area contributed by atoms with Crippen LogP contribution in [-0.4, -0.2) is 14.9 Å². The van der Waals surface area contributed by atoms with E-state index in [2.05, 4.69) is 36.4 Å². The van der Waals surface area contributed by atoms with Gasteiger partial charge in [0.1, 0.15) is 5.03 Å². The number of nitrogens with two attached hydrogens (primary N) is 1.